The van der Waals surface area contributed by atoms with Crippen LogP contribution in [0.4, 0.5) is 18.9 Å². The molecule has 0 saturated carbocycles. The Morgan fingerprint density at radius 1 is 1.25 bits per heavy atom. The number of halogens is 3. The number of hydrogen-bond acceptors (Lipinski definition) is 2. The molecule has 1 heterocycles. The molecule has 1 atom stereocenters. The van der Waals surface area contributed by atoms with Crippen LogP contribution in [-0.4, -0.2) is 19.1 Å². The Morgan fingerprint density at radius 3 is 2.50 bits per heavy atom. The highest BCUT2D eigenvalue weighted by atomic mass is 19.1. The van der Waals surface area contributed by atoms with Crippen LogP contribution in [0.5, 0.6) is 0 Å². The molecule has 1 unspecified atom stereocenters. The van der Waals surface area contributed by atoms with Crippen LogP contribution in [0.1, 0.15) is 12.8 Å². The van der Waals surface area contributed by atoms with Gasteiger partial charge in [-0.2, -0.15) is 0 Å². The van der Waals surface area contributed by atoms with Crippen LogP contribution in [0.3, 0.4) is 0 Å². The lowest BCUT2D eigenvalue weighted by Gasteiger charge is -2.13. The van der Waals surface area contributed by atoms with E-state index in [1.54, 1.807) is 0 Å². The van der Waals surface area contributed by atoms with Crippen molar-refractivity contribution in [2.24, 2.45) is 0 Å². The Bertz CT molecular complexity index is 352. The Labute approximate surface area is 91.8 Å². The molecule has 0 amide bonds. The summed E-state index contributed by atoms with van der Waals surface area (Å²) in [6.45, 7) is 1.38. The number of anilines is 1. The van der Waals surface area contributed by atoms with Gasteiger partial charge in [-0.15, -0.1) is 0 Å². The number of benzene rings is 1. The fourth-order valence-electron chi connectivity index (χ4n) is 1.87. The third kappa shape index (κ3) is 2.47. The Morgan fingerprint density at radius 2 is 1.94 bits per heavy atom. The molecule has 2 nitrogen and oxygen atoms in total. The molecule has 0 bridgehead atoms. The summed E-state index contributed by atoms with van der Waals surface area (Å²) in [5.41, 5.74) is -0.255. The molecule has 1 aromatic carbocycles. The average Bonchev–Trinajstić information content (AvgIpc) is 2.68. The molecular weight excluding hydrogens is 217 g/mol. The van der Waals surface area contributed by atoms with Crippen molar-refractivity contribution in [3.05, 3.63) is 29.6 Å². The molecule has 5 heteroatoms. The van der Waals surface area contributed by atoms with Crippen molar-refractivity contribution >= 4 is 5.69 Å². The molecule has 0 aliphatic carbocycles. The monoisotopic (exact) mass is 230 g/mol. The van der Waals surface area contributed by atoms with Crippen LogP contribution >= 0.6 is 0 Å². The van der Waals surface area contributed by atoms with Gasteiger partial charge in [0.25, 0.3) is 0 Å². The maximum Gasteiger partial charge on any atom is 0.152 e. The van der Waals surface area contributed by atoms with Crippen LogP contribution in [0.15, 0.2) is 12.1 Å². The number of hydrogen-bond donors (Lipinski definition) is 2. The summed E-state index contributed by atoms with van der Waals surface area (Å²) in [6, 6.07) is 1.57. The molecule has 88 valence electrons. The first kappa shape index (κ1) is 11.3. The second kappa shape index (κ2) is 4.74. The van der Waals surface area contributed by atoms with E-state index in [1.807, 2.05) is 0 Å². The smallest absolute Gasteiger partial charge is 0.152 e. The highest BCUT2D eigenvalue weighted by Crippen LogP contribution is 2.20. The summed E-state index contributed by atoms with van der Waals surface area (Å²) in [6.07, 6.45) is 2.05. The molecule has 16 heavy (non-hydrogen) atoms. The van der Waals surface area contributed by atoms with E-state index in [9.17, 15) is 13.2 Å². The van der Waals surface area contributed by atoms with E-state index in [-0.39, 0.29) is 11.7 Å². The van der Waals surface area contributed by atoms with E-state index in [0.717, 1.165) is 19.4 Å². The molecular formula is C11H13F3N2. The first-order valence-electron chi connectivity index (χ1n) is 5.28. The van der Waals surface area contributed by atoms with Crippen LogP contribution in [-0.2, 0) is 0 Å². The molecule has 2 N–H and O–H groups in total. The fraction of sp³-hybridized carbons (Fsp3) is 0.455. The van der Waals surface area contributed by atoms with Gasteiger partial charge in [0.15, 0.2) is 11.6 Å². The van der Waals surface area contributed by atoms with E-state index >= 15 is 0 Å². The van der Waals surface area contributed by atoms with Crippen molar-refractivity contribution in [3.8, 4) is 0 Å². The summed E-state index contributed by atoms with van der Waals surface area (Å²) in [7, 11) is 0. The predicted octanol–water partition coefficient (Wildman–Crippen LogP) is 2.27. The van der Waals surface area contributed by atoms with Gasteiger partial charge in [0, 0.05) is 24.7 Å². The first-order valence-corrected chi connectivity index (χ1v) is 5.28. The summed E-state index contributed by atoms with van der Waals surface area (Å²) >= 11 is 0. The van der Waals surface area contributed by atoms with Gasteiger partial charge in [-0.05, 0) is 19.4 Å². The zero-order valence-corrected chi connectivity index (χ0v) is 8.69. The lowest BCUT2D eigenvalue weighted by atomic mass is 10.2. The zero-order chi connectivity index (χ0) is 11.5. The topological polar surface area (TPSA) is 24.1 Å². The highest BCUT2D eigenvalue weighted by Gasteiger charge is 2.16. The van der Waals surface area contributed by atoms with Gasteiger partial charge >= 0.3 is 0 Å². The Balaban J connectivity index is 2.03. The van der Waals surface area contributed by atoms with E-state index in [2.05, 4.69) is 10.6 Å². The van der Waals surface area contributed by atoms with Gasteiger partial charge in [0.05, 0.1) is 0 Å². The van der Waals surface area contributed by atoms with Crippen molar-refractivity contribution in [3.63, 3.8) is 0 Å². The van der Waals surface area contributed by atoms with E-state index < -0.39 is 17.5 Å². The molecule has 0 radical (unpaired) electrons. The van der Waals surface area contributed by atoms with Crippen LogP contribution < -0.4 is 10.6 Å². The maximum absolute atomic E-state index is 13.2. The molecule has 2 rings (SSSR count). The fourth-order valence-corrected chi connectivity index (χ4v) is 1.87. The van der Waals surface area contributed by atoms with Crippen molar-refractivity contribution in [2.75, 3.05) is 18.4 Å². The Hall–Kier alpha value is -1.23. The molecule has 1 aliphatic heterocycles. The summed E-state index contributed by atoms with van der Waals surface area (Å²) in [5, 5.41) is 5.87. The van der Waals surface area contributed by atoms with Crippen molar-refractivity contribution in [1.29, 1.82) is 0 Å². The quantitative estimate of drug-likeness (QED) is 0.832. The minimum Gasteiger partial charge on any atom is -0.379 e. The second-order valence-electron chi connectivity index (χ2n) is 3.92. The molecule has 1 aromatic rings. The van der Waals surface area contributed by atoms with Crippen molar-refractivity contribution in [1.82, 2.24) is 5.32 Å². The average molecular weight is 230 g/mol. The van der Waals surface area contributed by atoms with Crippen LogP contribution in [0, 0.1) is 17.5 Å². The minimum absolute atomic E-state index is 0.226. The Kier molecular flexibility index (Phi) is 3.33. The normalized spacial score (nSPS) is 20.1. The summed E-state index contributed by atoms with van der Waals surface area (Å²) in [4.78, 5) is 0. The predicted molar refractivity (Wildman–Crippen MR) is 55.8 cm³/mol. The second-order valence-corrected chi connectivity index (χ2v) is 3.92. The lowest BCUT2D eigenvalue weighted by molar-refractivity contribution is 0.544. The molecule has 1 saturated heterocycles. The van der Waals surface area contributed by atoms with E-state index in [1.165, 1.54) is 0 Å². The molecule has 0 spiro atoms. The van der Waals surface area contributed by atoms with Gasteiger partial charge in [0.1, 0.15) is 11.5 Å². The third-order valence-electron chi connectivity index (χ3n) is 2.69. The molecule has 0 aromatic heterocycles. The summed E-state index contributed by atoms with van der Waals surface area (Å²) in [5.74, 6) is -2.69. The van der Waals surface area contributed by atoms with Gasteiger partial charge < -0.3 is 10.6 Å². The third-order valence-corrected chi connectivity index (χ3v) is 2.69. The largest absolute Gasteiger partial charge is 0.379 e. The van der Waals surface area contributed by atoms with Crippen LogP contribution in [0.2, 0.25) is 0 Å². The zero-order valence-electron chi connectivity index (χ0n) is 8.69. The van der Waals surface area contributed by atoms with Crippen molar-refractivity contribution < 1.29 is 13.2 Å². The van der Waals surface area contributed by atoms with Gasteiger partial charge in [0.2, 0.25) is 0 Å². The van der Waals surface area contributed by atoms with Gasteiger partial charge in [-0.1, -0.05) is 0 Å². The van der Waals surface area contributed by atoms with Crippen LogP contribution in [0.25, 0.3) is 0 Å². The molecule has 1 aliphatic rings. The molecule has 1 fully saturated rings. The first-order chi connectivity index (χ1) is 7.66. The SMILES string of the molecule is Fc1cc(F)c(NCC2CCCN2)c(F)c1. The summed E-state index contributed by atoms with van der Waals surface area (Å²) < 4.78 is 39.1. The minimum atomic E-state index is -0.903. The van der Waals surface area contributed by atoms with Gasteiger partial charge in [-0.25, -0.2) is 13.2 Å². The number of rotatable bonds is 3. The standard InChI is InChI=1S/C11H13F3N2/c12-7-4-9(13)11(10(14)5-7)16-6-8-2-1-3-15-8/h4-5,8,15-16H,1-3,6H2. The lowest BCUT2D eigenvalue weighted by Crippen LogP contribution is -2.29. The van der Waals surface area contributed by atoms with E-state index in [0.29, 0.717) is 18.7 Å². The number of nitrogens with one attached hydrogen (secondary N) is 2. The van der Waals surface area contributed by atoms with E-state index in [4.69, 9.17) is 0 Å². The van der Waals surface area contributed by atoms with Crippen molar-refractivity contribution in [2.45, 2.75) is 18.9 Å². The maximum atomic E-state index is 13.2. The van der Waals surface area contributed by atoms with Gasteiger partial charge in [-0.3, -0.25) is 0 Å². The highest BCUT2D eigenvalue weighted by molar-refractivity contribution is 5.46.